The SMILES string of the molecule is CC1=CC=C(C(=O)O)C[N+]1([O-])c1cccc(C(F)(F)F)c1. The molecule has 1 aromatic rings. The van der Waals surface area contributed by atoms with Gasteiger partial charge in [-0.05, 0) is 24.3 Å². The van der Waals surface area contributed by atoms with Crippen LogP contribution in [0.1, 0.15) is 12.5 Å². The monoisotopic (exact) mass is 299 g/mol. The summed E-state index contributed by atoms with van der Waals surface area (Å²) < 4.78 is 37.0. The highest BCUT2D eigenvalue weighted by molar-refractivity contribution is 5.88. The lowest BCUT2D eigenvalue weighted by molar-refractivity contribution is -0.137. The van der Waals surface area contributed by atoms with Crippen molar-refractivity contribution in [3.63, 3.8) is 0 Å². The zero-order valence-electron chi connectivity index (χ0n) is 11.0. The van der Waals surface area contributed by atoms with E-state index in [4.69, 9.17) is 5.11 Å². The van der Waals surface area contributed by atoms with Gasteiger partial charge in [0.1, 0.15) is 17.9 Å². The molecule has 1 aromatic carbocycles. The quantitative estimate of drug-likeness (QED) is 0.672. The number of carboxylic acid groups (broad SMARTS) is 1. The van der Waals surface area contributed by atoms with E-state index >= 15 is 0 Å². The fourth-order valence-electron chi connectivity index (χ4n) is 2.10. The average Bonchev–Trinajstić information content (AvgIpc) is 2.41. The number of carbonyl (C=O) groups is 1. The van der Waals surface area contributed by atoms with Gasteiger partial charge in [0.25, 0.3) is 0 Å². The molecule has 4 nitrogen and oxygen atoms in total. The second-order valence-corrected chi connectivity index (χ2v) is 4.75. The Morgan fingerprint density at radius 3 is 2.57 bits per heavy atom. The summed E-state index contributed by atoms with van der Waals surface area (Å²) >= 11 is 0. The third-order valence-corrected chi connectivity index (χ3v) is 3.35. The summed E-state index contributed by atoms with van der Waals surface area (Å²) in [5.74, 6) is -1.26. The number of halogens is 3. The van der Waals surface area contributed by atoms with Crippen LogP contribution < -0.4 is 4.65 Å². The van der Waals surface area contributed by atoms with Gasteiger partial charge >= 0.3 is 12.1 Å². The second kappa shape index (κ2) is 5.01. The van der Waals surface area contributed by atoms with Crippen LogP contribution in [0.5, 0.6) is 0 Å². The predicted molar refractivity (Wildman–Crippen MR) is 70.9 cm³/mol. The molecule has 0 spiro atoms. The van der Waals surface area contributed by atoms with Crippen LogP contribution in [-0.2, 0) is 11.0 Å². The van der Waals surface area contributed by atoms with E-state index in [1.807, 2.05) is 0 Å². The number of quaternary nitrogens is 1. The average molecular weight is 299 g/mol. The maximum absolute atomic E-state index is 12.8. The van der Waals surface area contributed by atoms with Crippen molar-refractivity contribution in [1.29, 1.82) is 0 Å². The van der Waals surface area contributed by atoms with Crippen LogP contribution in [0, 0.1) is 5.21 Å². The van der Waals surface area contributed by atoms with Gasteiger partial charge in [-0.3, -0.25) is 4.65 Å². The third-order valence-electron chi connectivity index (χ3n) is 3.35. The Kier molecular flexibility index (Phi) is 3.65. The summed E-state index contributed by atoms with van der Waals surface area (Å²) in [4.78, 5) is 11.0. The first-order valence-corrected chi connectivity index (χ1v) is 6.03. The van der Waals surface area contributed by atoms with E-state index in [2.05, 4.69) is 0 Å². The molecule has 1 aliphatic rings. The van der Waals surface area contributed by atoms with Gasteiger partial charge < -0.3 is 10.3 Å². The molecule has 21 heavy (non-hydrogen) atoms. The number of rotatable bonds is 2. The van der Waals surface area contributed by atoms with E-state index in [1.54, 1.807) is 0 Å². The maximum Gasteiger partial charge on any atom is 0.416 e. The highest BCUT2D eigenvalue weighted by Crippen LogP contribution is 2.36. The third kappa shape index (κ3) is 2.84. The van der Waals surface area contributed by atoms with Gasteiger partial charge in [-0.15, -0.1) is 0 Å². The molecule has 0 amide bonds. The lowest BCUT2D eigenvalue weighted by Crippen LogP contribution is -2.45. The van der Waals surface area contributed by atoms with Crippen LogP contribution in [-0.4, -0.2) is 17.6 Å². The second-order valence-electron chi connectivity index (χ2n) is 4.75. The van der Waals surface area contributed by atoms with E-state index < -0.39 is 28.9 Å². The fourth-order valence-corrected chi connectivity index (χ4v) is 2.10. The van der Waals surface area contributed by atoms with Gasteiger partial charge in [0.2, 0.25) is 0 Å². The van der Waals surface area contributed by atoms with E-state index in [9.17, 15) is 23.2 Å². The van der Waals surface area contributed by atoms with Gasteiger partial charge in [-0.1, -0.05) is 6.07 Å². The molecule has 1 atom stereocenters. The van der Waals surface area contributed by atoms with Crippen molar-refractivity contribution in [3.05, 3.63) is 58.5 Å². The lowest BCUT2D eigenvalue weighted by Gasteiger charge is -2.43. The summed E-state index contributed by atoms with van der Waals surface area (Å²) in [7, 11) is 0. The normalized spacial score (nSPS) is 22.5. The number of benzene rings is 1. The van der Waals surface area contributed by atoms with Crippen LogP contribution >= 0.6 is 0 Å². The summed E-state index contributed by atoms with van der Waals surface area (Å²) in [5, 5.41) is 21.8. The number of alkyl halides is 3. The molecular formula is C14H12F3NO3. The van der Waals surface area contributed by atoms with Crippen molar-refractivity contribution in [1.82, 2.24) is 4.65 Å². The van der Waals surface area contributed by atoms with Crippen LogP contribution in [0.15, 0.2) is 47.7 Å². The van der Waals surface area contributed by atoms with Crippen molar-refractivity contribution < 1.29 is 23.1 Å². The molecule has 0 radical (unpaired) electrons. The molecule has 1 N–H and O–H groups in total. The van der Waals surface area contributed by atoms with Crippen LogP contribution in [0.2, 0.25) is 0 Å². The predicted octanol–water partition coefficient (Wildman–Crippen LogP) is 3.44. The van der Waals surface area contributed by atoms with Gasteiger partial charge in [0.15, 0.2) is 0 Å². The van der Waals surface area contributed by atoms with E-state index in [0.29, 0.717) is 0 Å². The largest absolute Gasteiger partial charge is 0.622 e. The van der Waals surface area contributed by atoms with Crippen molar-refractivity contribution in [2.24, 2.45) is 0 Å². The van der Waals surface area contributed by atoms with E-state index in [-0.39, 0.29) is 17.0 Å². The van der Waals surface area contributed by atoms with Gasteiger partial charge in [-0.2, -0.15) is 13.2 Å². The number of nitrogens with zero attached hydrogens (tertiary/aromatic N) is 1. The van der Waals surface area contributed by atoms with Crippen LogP contribution in [0.25, 0.3) is 0 Å². The number of hydroxylamine groups is 2. The minimum absolute atomic E-state index is 0.145. The van der Waals surface area contributed by atoms with Crippen molar-refractivity contribution >= 4 is 11.7 Å². The van der Waals surface area contributed by atoms with Gasteiger partial charge in [-0.25, -0.2) is 4.79 Å². The number of hydrogen-bond donors (Lipinski definition) is 1. The molecule has 2 rings (SSSR count). The molecule has 1 heterocycles. The number of aliphatic carboxylic acids is 1. The Labute approximate surface area is 118 Å². The first kappa shape index (κ1) is 15.3. The van der Waals surface area contributed by atoms with Gasteiger partial charge in [0, 0.05) is 13.0 Å². The Balaban J connectivity index is 2.48. The van der Waals surface area contributed by atoms with Crippen molar-refractivity contribution in [3.8, 4) is 0 Å². The molecule has 1 aliphatic heterocycles. The Hall–Kier alpha value is -2.12. The maximum atomic E-state index is 12.8. The minimum Gasteiger partial charge on any atom is -0.622 e. The number of allylic oxidation sites excluding steroid dienone is 3. The van der Waals surface area contributed by atoms with Gasteiger partial charge in [0.05, 0.1) is 11.1 Å². The lowest BCUT2D eigenvalue weighted by atomic mass is 10.1. The first-order chi connectivity index (χ1) is 9.64. The van der Waals surface area contributed by atoms with Crippen LogP contribution in [0.4, 0.5) is 18.9 Å². The summed E-state index contributed by atoms with van der Waals surface area (Å²) in [6, 6.07) is 4.04. The zero-order chi connectivity index (χ0) is 15.8. The number of hydrogen-bond acceptors (Lipinski definition) is 2. The van der Waals surface area contributed by atoms with E-state index in [0.717, 1.165) is 18.2 Å². The van der Waals surface area contributed by atoms with E-state index in [1.165, 1.54) is 25.1 Å². The minimum atomic E-state index is -4.56. The zero-order valence-corrected chi connectivity index (χ0v) is 11.0. The molecule has 1 unspecified atom stereocenters. The molecule has 0 bridgehead atoms. The Morgan fingerprint density at radius 2 is 2.00 bits per heavy atom. The molecular weight excluding hydrogens is 287 g/mol. The number of carboxylic acids is 1. The molecule has 0 aromatic heterocycles. The molecule has 0 aliphatic carbocycles. The fraction of sp³-hybridized carbons (Fsp3) is 0.214. The first-order valence-electron chi connectivity index (χ1n) is 6.03. The van der Waals surface area contributed by atoms with Crippen LogP contribution in [0.3, 0.4) is 0 Å². The molecule has 112 valence electrons. The summed E-state index contributed by atoms with van der Waals surface area (Å²) in [6.07, 6.45) is -1.95. The van der Waals surface area contributed by atoms with Crippen molar-refractivity contribution in [2.45, 2.75) is 13.1 Å². The molecule has 7 heteroatoms. The highest BCUT2D eigenvalue weighted by atomic mass is 19.4. The molecule has 0 saturated carbocycles. The Bertz CT molecular complexity index is 649. The molecule has 0 saturated heterocycles. The summed E-state index contributed by atoms with van der Waals surface area (Å²) in [5.41, 5.74) is -1.01. The summed E-state index contributed by atoms with van der Waals surface area (Å²) in [6.45, 7) is 1.02. The topological polar surface area (TPSA) is 60.4 Å². The highest BCUT2D eigenvalue weighted by Gasteiger charge is 2.35. The smallest absolute Gasteiger partial charge is 0.416 e. The Morgan fingerprint density at radius 1 is 1.33 bits per heavy atom. The standard InChI is InChI=1S/C14H12F3NO3/c1-9-5-6-10(13(19)20)8-18(9,21)12-4-2-3-11(7-12)14(15,16)17/h2-7H,8H2,1H3,(H,19,20). The van der Waals surface area contributed by atoms with Crippen molar-refractivity contribution in [2.75, 3.05) is 6.54 Å². The molecule has 0 fully saturated rings.